The summed E-state index contributed by atoms with van der Waals surface area (Å²) in [6, 6.07) is 4.43. The van der Waals surface area contributed by atoms with E-state index in [0.717, 1.165) is 18.2 Å². The predicted molar refractivity (Wildman–Crippen MR) is 113 cm³/mol. The molecule has 6 nitrogen and oxygen atoms in total. The largest absolute Gasteiger partial charge is 0.476 e. The molecule has 1 unspecified atom stereocenters. The number of rotatable bonds is 6. The fraction of sp³-hybridized carbons (Fsp3) is 0.391. The molecule has 0 radical (unpaired) electrons. The van der Waals surface area contributed by atoms with Crippen molar-refractivity contribution in [2.75, 3.05) is 17.3 Å². The van der Waals surface area contributed by atoms with Crippen LogP contribution in [-0.4, -0.2) is 30.6 Å². The lowest BCUT2D eigenvalue weighted by molar-refractivity contribution is -0.126. The lowest BCUT2D eigenvalue weighted by atomic mass is 10.0. The number of ether oxygens (including phenoxy) is 2. The second-order valence-electron chi connectivity index (χ2n) is 8.38. The normalized spacial score (nSPS) is 15.9. The molecular weight excluding hydrogens is 425 g/mol. The molecule has 1 aliphatic rings. The number of nitrogens with one attached hydrogen (secondary N) is 1. The highest BCUT2D eigenvalue weighted by molar-refractivity contribution is 6.01. The van der Waals surface area contributed by atoms with Gasteiger partial charge in [0.1, 0.15) is 11.6 Å². The predicted octanol–water partition coefficient (Wildman–Crippen LogP) is 4.48. The van der Waals surface area contributed by atoms with Crippen LogP contribution < -0.4 is 15.0 Å². The lowest BCUT2D eigenvalue weighted by Gasteiger charge is -2.34. The maximum absolute atomic E-state index is 15.4. The van der Waals surface area contributed by atoms with Gasteiger partial charge in [-0.15, -0.1) is 0 Å². The molecule has 2 amide bonds. The Morgan fingerprint density at radius 2 is 1.81 bits per heavy atom. The smallest absolute Gasteiger partial charge is 0.268 e. The molecule has 32 heavy (non-hydrogen) atoms. The lowest BCUT2D eigenvalue weighted by Crippen LogP contribution is -2.44. The van der Waals surface area contributed by atoms with E-state index in [0.29, 0.717) is 5.56 Å². The molecule has 0 aliphatic carbocycles. The molecule has 2 aromatic carbocycles. The van der Waals surface area contributed by atoms with E-state index in [1.165, 1.54) is 25.0 Å². The number of hydrogen-bond acceptors (Lipinski definition) is 4. The molecule has 0 aromatic heterocycles. The number of halogens is 3. The van der Waals surface area contributed by atoms with E-state index in [4.69, 9.17) is 9.47 Å². The van der Waals surface area contributed by atoms with Crippen LogP contribution in [0.3, 0.4) is 0 Å². The van der Waals surface area contributed by atoms with Gasteiger partial charge in [0, 0.05) is 13.2 Å². The highest BCUT2D eigenvalue weighted by Crippen LogP contribution is 2.42. The van der Waals surface area contributed by atoms with Gasteiger partial charge in [0.15, 0.2) is 17.7 Å². The fourth-order valence-electron chi connectivity index (χ4n) is 3.46. The zero-order valence-corrected chi connectivity index (χ0v) is 18.5. The second-order valence-corrected chi connectivity index (χ2v) is 8.38. The number of carbonyl (C=O) groups is 2. The van der Waals surface area contributed by atoms with Gasteiger partial charge in [-0.05, 0) is 57.0 Å². The first-order valence-electron chi connectivity index (χ1n) is 10.0. The highest BCUT2D eigenvalue weighted by atomic mass is 19.1. The minimum atomic E-state index is -1.03. The van der Waals surface area contributed by atoms with E-state index in [1.807, 2.05) is 0 Å². The quantitative estimate of drug-likeness (QED) is 0.705. The average Bonchev–Trinajstić information content (AvgIpc) is 2.68. The summed E-state index contributed by atoms with van der Waals surface area (Å²) in [7, 11) is 1.48. The highest BCUT2D eigenvalue weighted by Gasteiger charge is 2.35. The Kier molecular flexibility index (Phi) is 6.50. The summed E-state index contributed by atoms with van der Waals surface area (Å²) in [6.07, 6.45) is -1.04. The van der Waals surface area contributed by atoms with Crippen LogP contribution in [0.15, 0.2) is 24.3 Å². The zero-order chi connectivity index (χ0) is 23.8. The van der Waals surface area contributed by atoms with Crippen molar-refractivity contribution in [1.29, 1.82) is 0 Å². The Labute approximate surface area is 184 Å². The first-order valence-corrected chi connectivity index (χ1v) is 10.0. The number of methoxy groups -OCH3 is 1. The third kappa shape index (κ3) is 4.88. The first kappa shape index (κ1) is 23.6. The minimum Gasteiger partial charge on any atom is -0.476 e. The van der Waals surface area contributed by atoms with Crippen molar-refractivity contribution in [3.63, 3.8) is 0 Å². The monoisotopic (exact) mass is 450 g/mol. The average molecular weight is 450 g/mol. The van der Waals surface area contributed by atoms with E-state index < -0.39 is 41.0 Å². The van der Waals surface area contributed by atoms with E-state index in [1.54, 1.807) is 20.8 Å². The summed E-state index contributed by atoms with van der Waals surface area (Å²) in [6.45, 7) is 6.30. The van der Waals surface area contributed by atoms with Gasteiger partial charge in [0.2, 0.25) is 5.91 Å². The third-order valence-corrected chi connectivity index (χ3v) is 5.26. The molecule has 1 aliphatic heterocycles. The van der Waals surface area contributed by atoms with Gasteiger partial charge in [0.25, 0.3) is 5.91 Å². The Morgan fingerprint density at radius 3 is 2.41 bits per heavy atom. The van der Waals surface area contributed by atoms with Crippen molar-refractivity contribution in [1.82, 2.24) is 0 Å². The van der Waals surface area contributed by atoms with Gasteiger partial charge in [-0.25, -0.2) is 13.2 Å². The van der Waals surface area contributed by atoms with Crippen LogP contribution in [0.25, 0.3) is 0 Å². The van der Waals surface area contributed by atoms with Crippen LogP contribution >= 0.6 is 0 Å². The van der Waals surface area contributed by atoms with Crippen molar-refractivity contribution in [2.24, 2.45) is 0 Å². The van der Waals surface area contributed by atoms with Gasteiger partial charge in [0.05, 0.1) is 29.9 Å². The molecule has 9 heteroatoms. The Hall–Kier alpha value is -3.07. The van der Waals surface area contributed by atoms with Crippen molar-refractivity contribution >= 4 is 23.2 Å². The minimum absolute atomic E-state index is 0.00747. The number of benzene rings is 2. The molecule has 0 saturated heterocycles. The molecule has 1 heterocycles. The summed E-state index contributed by atoms with van der Waals surface area (Å²) in [5, 5.41) is 2.55. The van der Waals surface area contributed by atoms with Gasteiger partial charge in [-0.1, -0.05) is 0 Å². The van der Waals surface area contributed by atoms with Crippen molar-refractivity contribution in [3.8, 4) is 5.75 Å². The number of aryl methyl sites for hydroxylation is 1. The number of amides is 2. The van der Waals surface area contributed by atoms with Gasteiger partial charge < -0.3 is 19.7 Å². The molecule has 3 rings (SSSR count). The standard InChI is InChI=1S/C23H25F3N2O4/c1-12-6-17-21(19(26)20(12)27-18(29)10-23(3,4)31-5)32-13(2)22(30)28(17)11-14-7-15(24)9-16(25)8-14/h6-9,13H,10-11H2,1-5H3,(H,27,29). The molecular formula is C23H25F3N2O4. The van der Waals surface area contributed by atoms with Crippen LogP contribution in [0.4, 0.5) is 24.5 Å². The van der Waals surface area contributed by atoms with Crippen LogP contribution in [0.2, 0.25) is 0 Å². The Balaban J connectivity index is 1.98. The molecule has 0 fully saturated rings. The maximum atomic E-state index is 15.4. The van der Waals surface area contributed by atoms with E-state index >= 15 is 4.39 Å². The van der Waals surface area contributed by atoms with Gasteiger partial charge in [-0.2, -0.15) is 0 Å². The van der Waals surface area contributed by atoms with Crippen molar-refractivity contribution < 1.29 is 32.2 Å². The van der Waals surface area contributed by atoms with Crippen LogP contribution in [0.1, 0.15) is 38.3 Å². The Morgan fingerprint density at radius 1 is 1.19 bits per heavy atom. The fourth-order valence-corrected chi connectivity index (χ4v) is 3.46. The summed E-state index contributed by atoms with van der Waals surface area (Å²) in [4.78, 5) is 26.4. The van der Waals surface area contributed by atoms with Gasteiger partial charge in [-0.3, -0.25) is 9.59 Å². The molecule has 0 spiro atoms. The molecule has 172 valence electrons. The number of nitrogens with zero attached hydrogens (tertiary/aromatic N) is 1. The molecule has 1 N–H and O–H groups in total. The first-order chi connectivity index (χ1) is 14.9. The number of carbonyl (C=O) groups excluding carboxylic acids is 2. The topological polar surface area (TPSA) is 67.9 Å². The van der Waals surface area contributed by atoms with E-state index in [2.05, 4.69) is 5.32 Å². The molecule has 2 aromatic rings. The second kappa shape index (κ2) is 8.82. The number of anilines is 2. The van der Waals surface area contributed by atoms with Gasteiger partial charge >= 0.3 is 0 Å². The van der Waals surface area contributed by atoms with Crippen molar-refractivity contribution in [2.45, 2.75) is 52.4 Å². The summed E-state index contributed by atoms with van der Waals surface area (Å²) in [5.74, 6) is -3.56. The summed E-state index contributed by atoms with van der Waals surface area (Å²) < 4.78 is 53.4. The zero-order valence-electron chi connectivity index (χ0n) is 18.5. The van der Waals surface area contributed by atoms with E-state index in [9.17, 15) is 18.4 Å². The van der Waals surface area contributed by atoms with Crippen LogP contribution in [0.5, 0.6) is 5.75 Å². The van der Waals surface area contributed by atoms with E-state index in [-0.39, 0.29) is 35.7 Å². The maximum Gasteiger partial charge on any atom is 0.268 e. The molecule has 0 saturated carbocycles. The number of fused-ring (bicyclic) bond motifs is 1. The third-order valence-electron chi connectivity index (χ3n) is 5.26. The molecule has 0 bridgehead atoms. The number of hydrogen-bond donors (Lipinski definition) is 1. The Bertz CT molecular complexity index is 1050. The van der Waals surface area contributed by atoms with Crippen LogP contribution in [-0.2, 0) is 20.9 Å². The summed E-state index contributed by atoms with van der Waals surface area (Å²) in [5.41, 5.74) is -0.141. The molecule has 1 atom stereocenters. The SMILES string of the molecule is COC(C)(C)CC(=O)Nc1c(C)cc2c(c1F)OC(C)C(=O)N2Cc1cc(F)cc(F)c1. The summed E-state index contributed by atoms with van der Waals surface area (Å²) >= 11 is 0. The van der Waals surface area contributed by atoms with Crippen LogP contribution in [0, 0.1) is 24.4 Å². The van der Waals surface area contributed by atoms with Crippen molar-refractivity contribution in [3.05, 3.63) is 52.8 Å².